The number of carbonyl (C=O) groups is 2. The molecule has 2 aliphatic heterocycles. The summed E-state index contributed by atoms with van der Waals surface area (Å²) in [5, 5.41) is 3.81. The van der Waals surface area contributed by atoms with E-state index in [1.54, 1.807) is 18.3 Å². The Hall–Kier alpha value is -3.56. The molecule has 3 aromatic rings. The fraction of sp³-hybridized carbons (Fsp3) is 0.486. The Balaban J connectivity index is 0.000000211. The van der Waals surface area contributed by atoms with Gasteiger partial charge in [-0.25, -0.2) is 19.2 Å². The zero-order valence-corrected chi connectivity index (χ0v) is 27.3. The minimum absolute atomic E-state index is 0.0976. The quantitative estimate of drug-likeness (QED) is 0.294. The Morgan fingerprint density at radius 1 is 1.09 bits per heavy atom. The van der Waals surface area contributed by atoms with Crippen LogP contribution < -0.4 is 5.32 Å². The summed E-state index contributed by atoms with van der Waals surface area (Å²) >= 11 is 6.39. The fourth-order valence-electron chi connectivity index (χ4n) is 6.57. The summed E-state index contributed by atoms with van der Waals surface area (Å²) in [5.74, 6) is 0.340. The van der Waals surface area contributed by atoms with Crippen LogP contribution in [0.2, 0.25) is 5.02 Å². The van der Waals surface area contributed by atoms with E-state index >= 15 is 0 Å². The lowest BCUT2D eigenvalue weighted by Gasteiger charge is -2.46. The highest BCUT2D eigenvalue weighted by Crippen LogP contribution is 2.39. The number of aromatic nitrogens is 2. The molecule has 1 aliphatic carbocycles. The van der Waals surface area contributed by atoms with Gasteiger partial charge in [-0.3, -0.25) is 0 Å². The van der Waals surface area contributed by atoms with Gasteiger partial charge >= 0.3 is 6.09 Å². The predicted molar refractivity (Wildman–Crippen MR) is 176 cm³/mol. The van der Waals surface area contributed by atoms with Crippen LogP contribution in [0, 0.1) is 17.2 Å². The van der Waals surface area contributed by atoms with Crippen molar-refractivity contribution in [3.05, 3.63) is 65.6 Å². The van der Waals surface area contributed by atoms with E-state index in [2.05, 4.69) is 27.2 Å². The minimum Gasteiger partial charge on any atom is -0.444 e. The molecule has 2 unspecified atom stereocenters. The third kappa shape index (κ3) is 8.58. The monoisotopic (exact) mass is 635 g/mol. The molecule has 10 heteroatoms. The SMILES string of the molecule is CN1CC2(CCN(C(=O)OC(C)(C)C)C2)C1.O=CC1CCCC(Nc2ncc(Cl)c(-c3cccc(-c4ccc(F)cc4)c3)n2)C1. The number of rotatable bonds is 5. The summed E-state index contributed by atoms with van der Waals surface area (Å²) in [6, 6.07) is 14.4. The highest BCUT2D eigenvalue weighted by molar-refractivity contribution is 6.32. The molecule has 6 rings (SSSR count). The second-order valence-electron chi connectivity index (χ2n) is 13.7. The van der Waals surface area contributed by atoms with E-state index in [1.807, 2.05) is 49.9 Å². The molecular formula is C35H43ClFN5O3. The van der Waals surface area contributed by atoms with Gasteiger partial charge < -0.3 is 24.6 Å². The molecule has 1 N–H and O–H groups in total. The molecule has 2 aromatic carbocycles. The Bertz CT molecular complexity index is 1490. The highest BCUT2D eigenvalue weighted by Gasteiger charge is 2.47. The van der Waals surface area contributed by atoms with Crippen LogP contribution in [0.5, 0.6) is 0 Å². The van der Waals surface area contributed by atoms with Gasteiger partial charge in [0.05, 0.1) is 16.9 Å². The van der Waals surface area contributed by atoms with Gasteiger partial charge in [-0.15, -0.1) is 0 Å². The van der Waals surface area contributed by atoms with Crippen LogP contribution in [-0.2, 0) is 9.53 Å². The van der Waals surface area contributed by atoms with Crippen molar-refractivity contribution in [3.63, 3.8) is 0 Å². The largest absolute Gasteiger partial charge is 0.444 e. The summed E-state index contributed by atoms with van der Waals surface area (Å²) in [7, 11) is 2.13. The van der Waals surface area contributed by atoms with Crippen LogP contribution in [-0.4, -0.2) is 77.0 Å². The molecular weight excluding hydrogens is 593 g/mol. The van der Waals surface area contributed by atoms with E-state index in [0.717, 1.165) is 81.3 Å². The van der Waals surface area contributed by atoms with E-state index in [0.29, 0.717) is 22.1 Å². The van der Waals surface area contributed by atoms with Crippen LogP contribution in [0.1, 0.15) is 52.9 Å². The topological polar surface area (TPSA) is 87.7 Å². The molecule has 1 amide bonds. The number of ether oxygens (including phenoxy) is 1. The van der Waals surface area contributed by atoms with Crippen molar-refractivity contribution in [1.82, 2.24) is 19.8 Å². The normalized spacial score (nSPS) is 21.0. The van der Waals surface area contributed by atoms with Gasteiger partial charge in [-0.05, 0) is 82.8 Å². The van der Waals surface area contributed by atoms with Gasteiger partial charge in [0.25, 0.3) is 0 Å². The lowest BCUT2D eigenvalue weighted by molar-refractivity contribution is -0.111. The summed E-state index contributed by atoms with van der Waals surface area (Å²) in [5.41, 5.74) is 3.34. The van der Waals surface area contributed by atoms with Crippen LogP contribution >= 0.6 is 11.6 Å². The molecule has 2 atom stereocenters. The molecule has 0 bridgehead atoms. The van der Waals surface area contributed by atoms with Gasteiger partial charge in [-0.1, -0.05) is 48.4 Å². The van der Waals surface area contributed by atoms with Crippen molar-refractivity contribution in [2.45, 2.75) is 64.5 Å². The molecule has 2 saturated heterocycles. The average Bonchev–Trinajstić information content (AvgIpc) is 3.44. The smallest absolute Gasteiger partial charge is 0.410 e. The maximum Gasteiger partial charge on any atom is 0.410 e. The second-order valence-corrected chi connectivity index (χ2v) is 14.1. The number of nitrogens with one attached hydrogen (secondary N) is 1. The molecule has 3 fully saturated rings. The zero-order valence-electron chi connectivity index (χ0n) is 26.6. The maximum absolute atomic E-state index is 13.2. The first-order valence-corrected chi connectivity index (χ1v) is 16.1. The first kappa shape index (κ1) is 32.8. The van der Waals surface area contributed by atoms with E-state index in [1.165, 1.54) is 12.1 Å². The number of likely N-dealkylation sites (tertiary alicyclic amines) is 2. The lowest BCUT2D eigenvalue weighted by Crippen LogP contribution is -2.55. The van der Waals surface area contributed by atoms with Gasteiger partial charge in [0, 0.05) is 49.1 Å². The maximum atomic E-state index is 13.2. The van der Waals surface area contributed by atoms with E-state index in [9.17, 15) is 14.0 Å². The van der Waals surface area contributed by atoms with E-state index < -0.39 is 0 Å². The van der Waals surface area contributed by atoms with Crippen LogP contribution in [0.15, 0.2) is 54.7 Å². The molecule has 1 aromatic heterocycles. The molecule has 8 nitrogen and oxygen atoms in total. The summed E-state index contributed by atoms with van der Waals surface area (Å²) < 4.78 is 18.6. The Labute approximate surface area is 270 Å². The van der Waals surface area contributed by atoms with E-state index in [-0.39, 0.29) is 29.5 Å². The summed E-state index contributed by atoms with van der Waals surface area (Å²) in [6.45, 7) is 9.68. The zero-order chi connectivity index (χ0) is 32.2. The number of carbonyl (C=O) groups excluding carboxylic acids is 2. The number of amides is 1. The van der Waals surface area contributed by atoms with Crippen molar-refractivity contribution in [3.8, 4) is 22.4 Å². The first-order chi connectivity index (χ1) is 21.4. The molecule has 3 aliphatic rings. The van der Waals surface area contributed by atoms with Gasteiger partial charge in [0.1, 0.15) is 17.7 Å². The number of halogens is 2. The average molecular weight is 636 g/mol. The molecule has 0 radical (unpaired) electrons. The molecule has 45 heavy (non-hydrogen) atoms. The van der Waals surface area contributed by atoms with Crippen LogP contribution in [0.3, 0.4) is 0 Å². The highest BCUT2D eigenvalue weighted by atomic mass is 35.5. The van der Waals surface area contributed by atoms with Gasteiger partial charge in [0.2, 0.25) is 5.95 Å². The molecule has 1 spiro atoms. The number of nitrogens with zero attached hydrogens (tertiary/aromatic N) is 4. The van der Waals surface area contributed by atoms with E-state index in [4.69, 9.17) is 16.3 Å². The molecule has 1 saturated carbocycles. The van der Waals surface area contributed by atoms with Crippen molar-refractivity contribution in [2.75, 3.05) is 38.5 Å². The minimum atomic E-state index is -0.386. The number of hydrogen-bond donors (Lipinski definition) is 1. The number of benzene rings is 2. The first-order valence-electron chi connectivity index (χ1n) is 15.7. The number of aldehydes is 1. The standard InChI is InChI=1S/C23H21ClFN3O.C12H22N2O2/c24-21-13-26-23(27-20-6-1-3-15(11-20)14-29)28-22(21)18-5-2-4-17(12-18)16-7-9-19(25)10-8-16;1-11(2,3)16-10(15)14-6-5-12(9-14)7-13(4)8-12/h2,4-5,7-10,12-15,20H,1,3,6,11H2,(H,26,27,28);5-9H2,1-4H3. The number of hydrogen-bond acceptors (Lipinski definition) is 7. The van der Waals surface area contributed by atoms with Crippen molar-refractivity contribution < 1.29 is 18.7 Å². The van der Waals surface area contributed by atoms with Crippen LogP contribution in [0.4, 0.5) is 15.1 Å². The van der Waals surface area contributed by atoms with Gasteiger partial charge in [0.15, 0.2) is 0 Å². The number of anilines is 1. The van der Waals surface area contributed by atoms with Crippen molar-refractivity contribution >= 4 is 29.9 Å². The summed E-state index contributed by atoms with van der Waals surface area (Å²) in [6.07, 6.45) is 7.36. The Kier molecular flexibility index (Phi) is 10.1. The molecule has 3 heterocycles. The Morgan fingerprint density at radius 2 is 1.82 bits per heavy atom. The van der Waals surface area contributed by atoms with Crippen molar-refractivity contribution in [1.29, 1.82) is 0 Å². The lowest BCUT2D eigenvalue weighted by atomic mass is 9.80. The van der Waals surface area contributed by atoms with Crippen molar-refractivity contribution in [2.24, 2.45) is 11.3 Å². The third-order valence-electron chi connectivity index (χ3n) is 8.60. The van der Waals surface area contributed by atoms with Crippen LogP contribution in [0.25, 0.3) is 22.4 Å². The van der Waals surface area contributed by atoms with Gasteiger partial charge in [-0.2, -0.15) is 0 Å². The predicted octanol–water partition coefficient (Wildman–Crippen LogP) is 7.33. The molecule has 240 valence electrons. The fourth-order valence-corrected chi connectivity index (χ4v) is 6.77. The second kappa shape index (κ2) is 13.8. The Morgan fingerprint density at radius 3 is 2.51 bits per heavy atom. The summed E-state index contributed by atoms with van der Waals surface area (Å²) in [4.78, 5) is 36.1. The third-order valence-corrected chi connectivity index (χ3v) is 8.88.